The maximum absolute atomic E-state index is 14.2. The zero-order valence-corrected chi connectivity index (χ0v) is 25.5. The Bertz CT molecular complexity index is 2070. The molecule has 1 N–H and O–H groups in total. The first-order valence-electron chi connectivity index (χ1n) is 12.4. The van der Waals surface area contributed by atoms with E-state index < -0.39 is 51.1 Å². The number of halogens is 1. The highest BCUT2D eigenvalue weighted by molar-refractivity contribution is 8.10. The van der Waals surface area contributed by atoms with E-state index >= 15 is 0 Å². The van der Waals surface area contributed by atoms with Crippen molar-refractivity contribution in [3.05, 3.63) is 119 Å². The topological polar surface area (TPSA) is 126 Å². The molecule has 5 rings (SSSR count). The van der Waals surface area contributed by atoms with E-state index in [1.807, 2.05) is 0 Å². The molecule has 0 heterocycles. The molecule has 0 aromatic heterocycles. The van der Waals surface area contributed by atoms with Gasteiger partial charge in [0, 0.05) is 15.8 Å². The standard InChI is InChI=1S/C30H24ClNO7S3/c1-20-7-13-23(14-8-20)40(34,35)29-19-28(26-5-3-4-6-27(26)30(29)33)32(41(36,37)24-15-9-21(2)10-16-24)42(38,39)25-17-11-22(31)12-18-25/h3-19,33H,1-2H3. The number of fused-ring (bicyclic) bond motifs is 1. The maximum atomic E-state index is 14.2. The van der Waals surface area contributed by atoms with Crippen molar-refractivity contribution >= 4 is 57.9 Å². The third-order valence-corrected chi connectivity index (χ3v) is 12.9. The Morgan fingerprint density at radius 1 is 0.595 bits per heavy atom. The van der Waals surface area contributed by atoms with Gasteiger partial charge in [-0.25, -0.2) is 25.3 Å². The van der Waals surface area contributed by atoms with Crippen LogP contribution in [-0.2, 0) is 29.9 Å². The number of benzene rings is 5. The van der Waals surface area contributed by atoms with Crippen molar-refractivity contribution in [2.75, 3.05) is 3.71 Å². The van der Waals surface area contributed by atoms with Gasteiger partial charge in [-0.15, -0.1) is 0 Å². The molecule has 5 aromatic carbocycles. The van der Waals surface area contributed by atoms with Crippen LogP contribution in [0.2, 0.25) is 5.02 Å². The molecule has 0 aliphatic rings. The van der Waals surface area contributed by atoms with Gasteiger partial charge in [0.25, 0.3) is 20.0 Å². The molecule has 8 nitrogen and oxygen atoms in total. The molecule has 0 aliphatic heterocycles. The number of sulfone groups is 1. The summed E-state index contributed by atoms with van der Waals surface area (Å²) in [6.45, 7) is 3.52. The van der Waals surface area contributed by atoms with Gasteiger partial charge in [0.15, 0.2) is 0 Å². The third-order valence-electron chi connectivity index (χ3n) is 6.64. The Morgan fingerprint density at radius 3 is 1.52 bits per heavy atom. The summed E-state index contributed by atoms with van der Waals surface area (Å²) in [5, 5.41) is 11.4. The van der Waals surface area contributed by atoms with Gasteiger partial charge in [-0.2, -0.15) is 3.71 Å². The zero-order chi connectivity index (χ0) is 30.4. The van der Waals surface area contributed by atoms with Crippen molar-refractivity contribution in [3.8, 4) is 5.75 Å². The lowest BCUT2D eigenvalue weighted by Crippen LogP contribution is -2.37. The van der Waals surface area contributed by atoms with Crippen LogP contribution in [0.4, 0.5) is 5.69 Å². The van der Waals surface area contributed by atoms with E-state index in [-0.39, 0.29) is 29.3 Å². The second-order valence-corrected chi connectivity index (χ2v) is 15.7. The lowest BCUT2D eigenvalue weighted by atomic mass is 10.1. The summed E-state index contributed by atoms with van der Waals surface area (Å²) >= 11 is 5.97. The van der Waals surface area contributed by atoms with Crippen LogP contribution in [-0.4, -0.2) is 30.4 Å². The number of hydrogen-bond donors (Lipinski definition) is 1. The van der Waals surface area contributed by atoms with E-state index in [4.69, 9.17) is 11.6 Å². The predicted octanol–water partition coefficient (Wildman–Crippen LogP) is 6.23. The highest BCUT2D eigenvalue weighted by Gasteiger charge is 2.39. The fourth-order valence-electron chi connectivity index (χ4n) is 4.41. The van der Waals surface area contributed by atoms with E-state index in [2.05, 4.69) is 0 Å². The number of rotatable bonds is 7. The molecule has 0 saturated heterocycles. The van der Waals surface area contributed by atoms with Crippen LogP contribution < -0.4 is 3.71 Å². The lowest BCUT2D eigenvalue weighted by molar-refractivity contribution is 0.465. The predicted molar refractivity (Wildman–Crippen MR) is 162 cm³/mol. The van der Waals surface area contributed by atoms with E-state index in [9.17, 15) is 30.4 Å². The monoisotopic (exact) mass is 641 g/mol. The quantitative estimate of drug-likeness (QED) is 0.223. The van der Waals surface area contributed by atoms with Crippen LogP contribution in [0.15, 0.2) is 123 Å². The number of aromatic hydroxyl groups is 1. The van der Waals surface area contributed by atoms with Crippen molar-refractivity contribution in [1.29, 1.82) is 0 Å². The van der Waals surface area contributed by atoms with Gasteiger partial charge < -0.3 is 5.11 Å². The second-order valence-electron chi connectivity index (χ2n) is 9.58. The molecular formula is C30H24ClNO7S3. The van der Waals surface area contributed by atoms with Gasteiger partial charge in [0.2, 0.25) is 9.84 Å². The van der Waals surface area contributed by atoms with Crippen molar-refractivity contribution in [1.82, 2.24) is 0 Å². The Balaban J connectivity index is 1.90. The van der Waals surface area contributed by atoms with Gasteiger partial charge >= 0.3 is 0 Å². The Morgan fingerprint density at radius 2 is 1.02 bits per heavy atom. The summed E-state index contributed by atoms with van der Waals surface area (Å²) in [7, 11) is -14.3. The second kappa shape index (κ2) is 10.7. The van der Waals surface area contributed by atoms with Gasteiger partial charge in [-0.1, -0.05) is 71.3 Å². The first-order chi connectivity index (χ1) is 19.7. The molecular weight excluding hydrogens is 618 g/mol. The van der Waals surface area contributed by atoms with Crippen LogP contribution in [0.3, 0.4) is 0 Å². The van der Waals surface area contributed by atoms with Crippen LogP contribution in [0, 0.1) is 13.8 Å². The molecule has 0 spiro atoms. The van der Waals surface area contributed by atoms with E-state index in [1.165, 1.54) is 72.8 Å². The molecule has 0 bridgehead atoms. The Hall–Kier alpha value is -3.90. The smallest absolute Gasteiger partial charge is 0.277 e. The third kappa shape index (κ3) is 5.13. The molecule has 0 fully saturated rings. The Labute approximate surface area is 249 Å². The Kier molecular flexibility index (Phi) is 7.56. The maximum Gasteiger partial charge on any atom is 0.277 e. The molecule has 42 heavy (non-hydrogen) atoms. The molecule has 0 radical (unpaired) electrons. The first-order valence-corrected chi connectivity index (χ1v) is 17.2. The van der Waals surface area contributed by atoms with Crippen molar-refractivity contribution < 1.29 is 30.4 Å². The minimum absolute atomic E-state index is 0.00826. The number of phenolic OH excluding ortho intramolecular Hbond substituents is 1. The number of nitrogens with zero attached hydrogens (tertiary/aromatic N) is 1. The van der Waals surface area contributed by atoms with Crippen LogP contribution in [0.5, 0.6) is 5.75 Å². The molecule has 0 aliphatic carbocycles. The van der Waals surface area contributed by atoms with Crippen LogP contribution in [0.25, 0.3) is 10.8 Å². The van der Waals surface area contributed by atoms with E-state index in [0.717, 1.165) is 29.3 Å². The highest BCUT2D eigenvalue weighted by Crippen LogP contribution is 2.44. The lowest BCUT2D eigenvalue weighted by Gasteiger charge is -2.26. The summed E-state index contributed by atoms with van der Waals surface area (Å²) in [5.74, 6) is -0.647. The minimum Gasteiger partial charge on any atom is -0.506 e. The summed E-state index contributed by atoms with van der Waals surface area (Å²) < 4.78 is 84.7. The van der Waals surface area contributed by atoms with E-state index in [1.54, 1.807) is 26.0 Å². The van der Waals surface area contributed by atoms with Gasteiger partial charge in [0.05, 0.1) is 20.4 Å². The number of anilines is 1. The van der Waals surface area contributed by atoms with Crippen molar-refractivity contribution in [2.45, 2.75) is 33.4 Å². The summed E-state index contributed by atoms with van der Waals surface area (Å²) in [4.78, 5) is -1.57. The van der Waals surface area contributed by atoms with Gasteiger partial charge in [-0.05, 0) is 68.4 Å². The average molecular weight is 642 g/mol. The number of hydrogen-bond acceptors (Lipinski definition) is 7. The normalized spacial score (nSPS) is 12.4. The summed E-state index contributed by atoms with van der Waals surface area (Å²) in [6.07, 6.45) is 0. The summed E-state index contributed by atoms with van der Waals surface area (Å²) in [5.41, 5.74) is 1.05. The number of aryl methyl sites for hydroxylation is 2. The van der Waals surface area contributed by atoms with Gasteiger partial charge in [-0.3, -0.25) is 0 Å². The summed E-state index contributed by atoms with van der Waals surface area (Å²) in [6, 6.07) is 23.0. The first kappa shape index (κ1) is 29.6. The SMILES string of the molecule is Cc1ccc(S(=O)(=O)c2cc(N(S(=O)(=O)c3ccc(C)cc3)S(=O)(=O)c3ccc(Cl)cc3)c3ccccc3c2O)cc1. The minimum atomic E-state index is -4.91. The highest BCUT2D eigenvalue weighted by atomic mass is 35.5. The van der Waals surface area contributed by atoms with Crippen LogP contribution >= 0.6 is 11.6 Å². The molecule has 0 amide bonds. The molecule has 0 atom stereocenters. The van der Waals surface area contributed by atoms with E-state index in [0.29, 0.717) is 0 Å². The fourth-order valence-corrected chi connectivity index (χ4v) is 9.63. The van der Waals surface area contributed by atoms with Gasteiger partial charge in [0.1, 0.15) is 10.6 Å². The van der Waals surface area contributed by atoms with Crippen molar-refractivity contribution in [2.24, 2.45) is 0 Å². The molecule has 0 saturated carbocycles. The molecule has 5 aromatic rings. The molecule has 216 valence electrons. The number of phenols is 1. The zero-order valence-electron chi connectivity index (χ0n) is 22.3. The largest absolute Gasteiger partial charge is 0.506 e. The van der Waals surface area contributed by atoms with Crippen LogP contribution in [0.1, 0.15) is 11.1 Å². The fraction of sp³-hybridized carbons (Fsp3) is 0.0667. The number of sulfonamides is 2. The average Bonchev–Trinajstić information content (AvgIpc) is 2.95. The van der Waals surface area contributed by atoms with Crippen molar-refractivity contribution in [3.63, 3.8) is 0 Å². The molecule has 12 heteroatoms. The molecule has 0 unspecified atom stereocenters.